The monoisotopic (exact) mass is 658 g/mol. The Balaban J connectivity index is 1.23. The average molecular weight is 659 g/mol. The number of benzene rings is 2. The molecule has 0 bridgehead atoms. The predicted octanol–water partition coefficient (Wildman–Crippen LogP) is 4.14. The summed E-state index contributed by atoms with van der Waals surface area (Å²) in [6.07, 6.45) is -2.91. The normalized spacial score (nSPS) is 18.6. The van der Waals surface area contributed by atoms with Gasteiger partial charge < -0.3 is 29.3 Å². The van der Waals surface area contributed by atoms with Crippen molar-refractivity contribution in [3.63, 3.8) is 0 Å². The number of ether oxygens (including phenoxy) is 3. The van der Waals surface area contributed by atoms with E-state index in [0.717, 1.165) is 11.8 Å². The first-order valence-corrected chi connectivity index (χ1v) is 15.5. The Morgan fingerprint density at radius 1 is 0.936 bits per heavy atom. The lowest BCUT2D eigenvalue weighted by Gasteiger charge is -2.36. The fourth-order valence-corrected chi connectivity index (χ4v) is 5.98. The Kier molecular flexibility index (Phi) is 8.55. The number of nitrogens with zero attached hydrogens (tertiary/aromatic N) is 5. The molecule has 1 saturated carbocycles. The van der Waals surface area contributed by atoms with E-state index in [2.05, 4.69) is 19.9 Å². The van der Waals surface area contributed by atoms with Crippen LogP contribution in [-0.4, -0.2) is 101 Å². The van der Waals surface area contributed by atoms with Gasteiger partial charge in [0.15, 0.2) is 5.75 Å². The summed E-state index contributed by atoms with van der Waals surface area (Å²) in [7, 11) is 0. The maximum atomic E-state index is 13.6. The van der Waals surface area contributed by atoms with Crippen LogP contribution in [-0.2, 0) is 14.3 Å². The third kappa shape index (κ3) is 7.15. The number of carbonyl (C=O) groups is 2. The van der Waals surface area contributed by atoms with E-state index >= 15 is 0 Å². The fourth-order valence-electron chi connectivity index (χ4n) is 5.98. The second-order valence-corrected chi connectivity index (χ2v) is 12.9. The van der Waals surface area contributed by atoms with Crippen molar-refractivity contribution in [2.24, 2.45) is 0 Å². The largest absolute Gasteiger partial charge is 0.573 e. The van der Waals surface area contributed by atoms with E-state index in [1.54, 1.807) is 23.1 Å². The topological polar surface area (TPSA) is 118 Å². The molecular weight excluding hydrogens is 621 g/mol. The highest BCUT2D eigenvalue weighted by Gasteiger charge is 2.54. The molecule has 3 aromatic rings. The SMILES string of the molecule is CC(C)(C)OC(=O)N1CCN(c2ccc3c(=O)n(-c4ccc(OC(F)(F)F)c(NC(=O)C5(N6CCOCC6)CC5)c4)cnc3c2)CC1. The zero-order chi connectivity index (χ0) is 33.6. The van der Waals surface area contributed by atoms with Crippen molar-refractivity contribution in [3.8, 4) is 11.4 Å². The number of hydrogen-bond donors (Lipinski definition) is 1. The average Bonchev–Trinajstić information content (AvgIpc) is 3.84. The maximum absolute atomic E-state index is 13.6. The van der Waals surface area contributed by atoms with Crippen molar-refractivity contribution in [1.82, 2.24) is 19.4 Å². The molecule has 1 aromatic heterocycles. The second-order valence-electron chi connectivity index (χ2n) is 12.9. The van der Waals surface area contributed by atoms with Crippen LogP contribution in [0.4, 0.5) is 29.3 Å². The van der Waals surface area contributed by atoms with Gasteiger partial charge in [0.05, 0.1) is 35.5 Å². The van der Waals surface area contributed by atoms with Gasteiger partial charge in [-0.25, -0.2) is 9.78 Å². The number of rotatable bonds is 6. The molecule has 12 nitrogen and oxygen atoms in total. The van der Waals surface area contributed by atoms with E-state index in [0.29, 0.717) is 76.2 Å². The highest BCUT2D eigenvalue weighted by atomic mass is 19.4. The van der Waals surface area contributed by atoms with Crippen LogP contribution in [0.15, 0.2) is 47.5 Å². The molecule has 15 heteroatoms. The van der Waals surface area contributed by atoms with E-state index in [-0.39, 0.29) is 17.5 Å². The van der Waals surface area contributed by atoms with Crippen LogP contribution in [0.3, 0.4) is 0 Å². The zero-order valence-corrected chi connectivity index (χ0v) is 26.4. The summed E-state index contributed by atoms with van der Waals surface area (Å²) < 4.78 is 56.2. The minimum atomic E-state index is -5.00. The quantitative estimate of drug-likeness (QED) is 0.417. The van der Waals surface area contributed by atoms with Crippen molar-refractivity contribution in [2.45, 2.75) is 51.1 Å². The molecule has 2 aromatic carbocycles. The predicted molar refractivity (Wildman–Crippen MR) is 167 cm³/mol. The minimum Gasteiger partial charge on any atom is -0.444 e. The Hall–Kier alpha value is -4.37. The van der Waals surface area contributed by atoms with Gasteiger partial charge >= 0.3 is 12.5 Å². The molecule has 6 rings (SSSR count). The van der Waals surface area contributed by atoms with Gasteiger partial charge in [0.1, 0.15) is 17.5 Å². The van der Waals surface area contributed by atoms with Crippen molar-refractivity contribution >= 4 is 34.3 Å². The molecule has 1 aliphatic carbocycles. The highest BCUT2D eigenvalue weighted by molar-refractivity contribution is 6.01. The van der Waals surface area contributed by atoms with Crippen LogP contribution in [0.2, 0.25) is 0 Å². The van der Waals surface area contributed by atoms with Crippen LogP contribution >= 0.6 is 0 Å². The van der Waals surface area contributed by atoms with Gasteiger partial charge in [-0.05, 0) is 70.0 Å². The molecule has 3 heterocycles. The first kappa shape index (κ1) is 32.6. The molecule has 2 saturated heterocycles. The van der Waals surface area contributed by atoms with Crippen LogP contribution in [0.25, 0.3) is 16.6 Å². The number of alkyl halides is 3. The van der Waals surface area contributed by atoms with Gasteiger partial charge in [-0.3, -0.25) is 19.1 Å². The molecule has 252 valence electrons. The maximum Gasteiger partial charge on any atom is 0.573 e. The number of nitrogens with one attached hydrogen (secondary N) is 1. The van der Waals surface area contributed by atoms with Gasteiger partial charge in [-0.1, -0.05) is 0 Å². The van der Waals surface area contributed by atoms with E-state index < -0.39 is 34.7 Å². The lowest BCUT2D eigenvalue weighted by atomic mass is 10.1. The number of amides is 2. The van der Waals surface area contributed by atoms with Crippen LogP contribution in [0.5, 0.6) is 5.75 Å². The number of anilines is 2. The number of piperazine rings is 1. The molecule has 2 amide bonds. The highest BCUT2D eigenvalue weighted by Crippen LogP contribution is 2.44. The standard InChI is InChI=1S/C32H37F3N6O6/c1-30(2,3)47-29(44)39-12-10-38(11-13-39)21-4-6-23-24(18-21)36-20-41(27(23)42)22-5-7-26(46-32(33,34)35)25(19-22)37-28(43)31(8-9-31)40-14-16-45-17-15-40/h4-7,18-20H,8-17H2,1-3H3,(H,37,43). The number of morpholine rings is 1. The van der Waals surface area contributed by atoms with E-state index in [9.17, 15) is 27.6 Å². The van der Waals surface area contributed by atoms with Gasteiger partial charge in [-0.15, -0.1) is 13.2 Å². The van der Waals surface area contributed by atoms with E-state index in [1.807, 2.05) is 25.7 Å². The Morgan fingerprint density at radius 3 is 2.26 bits per heavy atom. The summed E-state index contributed by atoms with van der Waals surface area (Å²) >= 11 is 0. The Morgan fingerprint density at radius 2 is 1.62 bits per heavy atom. The van der Waals surface area contributed by atoms with Crippen LogP contribution in [0.1, 0.15) is 33.6 Å². The molecule has 2 aliphatic heterocycles. The van der Waals surface area contributed by atoms with Gasteiger partial charge in [0.2, 0.25) is 5.91 Å². The Bertz CT molecular complexity index is 1720. The van der Waals surface area contributed by atoms with Crippen molar-refractivity contribution < 1.29 is 37.0 Å². The zero-order valence-electron chi connectivity index (χ0n) is 26.4. The molecule has 1 N–H and O–H groups in total. The van der Waals surface area contributed by atoms with E-state index in [4.69, 9.17) is 9.47 Å². The molecule has 0 spiro atoms. The molecule has 0 unspecified atom stereocenters. The third-order valence-corrected chi connectivity index (χ3v) is 8.52. The third-order valence-electron chi connectivity index (χ3n) is 8.52. The number of halogens is 3. The smallest absolute Gasteiger partial charge is 0.444 e. The van der Waals surface area contributed by atoms with Gasteiger partial charge in [-0.2, -0.15) is 0 Å². The lowest BCUT2D eigenvalue weighted by molar-refractivity contribution is -0.274. The number of aromatic nitrogens is 2. The summed E-state index contributed by atoms with van der Waals surface area (Å²) in [4.78, 5) is 49.7. The summed E-state index contributed by atoms with van der Waals surface area (Å²) in [6, 6.07) is 8.90. The Labute approximate surface area is 269 Å². The van der Waals surface area contributed by atoms with E-state index in [1.165, 1.54) is 23.0 Å². The van der Waals surface area contributed by atoms with Crippen molar-refractivity contribution in [1.29, 1.82) is 0 Å². The lowest BCUT2D eigenvalue weighted by Crippen LogP contribution is -2.51. The summed E-state index contributed by atoms with van der Waals surface area (Å²) in [5, 5.41) is 2.94. The molecule has 47 heavy (non-hydrogen) atoms. The van der Waals surface area contributed by atoms with Crippen LogP contribution in [0, 0.1) is 0 Å². The molecule has 0 atom stereocenters. The first-order chi connectivity index (χ1) is 22.2. The number of fused-ring (bicyclic) bond motifs is 1. The molecule has 3 fully saturated rings. The number of carbonyl (C=O) groups excluding carboxylic acids is 2. The summed E-state index contributed by atoms with van der Waals surface area (Å²) in [6.45, 7) is 9.57. The summed E-state index contributed by atoms with van der Waals surface area (Å²) in [5.41, 5.74) is -0.586. The second kappa shape index (κ2) is 12.3. The van der Waals surface area contributed by atoms with Crippen LogP contribution < -0.4 is 20.5 Å². The summed E-state index contributed by atoms with van der Waals surface area (Å²) in [5.74, 6) is -1.03. The van der Waals surface area contributed by atoms with Crippen molar-refractivity contribution in [3.05, 3.63) is 53.1 Å². The van der Waals surface area contributed by atoms with Gasteiger partial charge in [0, 0.05) is 45.0 Å². The first-order valence-electron chi connectivity index (χ1n) is 15.5. The van der Waals surface area contributed by atoms with Crippen molar-refractivity contribution in [2.75, 3.05) is 62.7 Å². The number of hydrogen-bond acceptors (Lipinski definition) is 9. The van der Waals surface area contributed by atoms with Gasteiger partial charge in [0.25, 0.3) is 5.56 Å². The molecular formula is C32H37F3N6O6. The molecule has 3 aliphatic rings. The molecule has 0 radical (unpaired) electrons. The fraction of sp³-hybridized carbons (Fsp3) is 0.500. The minimum absolute atomic E-state index is 0.202.